The first-order valence-corrected chi connectivity index (χ1v) is 7.20. The lowest BCUT2D eigenvalue weighted by molar-refractivity contribution is -0.0698. The Labute approximate surface area is 116 Å². The summed E-state index contributed by atoms with van der Waals surface area (Å²) in [6.07, 6.45) is 0.664. The molecule has 106 valence electrons. The minimum Gasteiger partial charge on any atom is -0.373 e. The van der Waals surface area contributed by atoms with Gasteiger partial charge in [0.1, 0.15) is 0 Å². The lowest BCUT2D eigenvalue weighted by Gasteiger charge is -2.37. The van der Waals surface area contributed by atoms with Crippen molar-refractivity contribution in [3.05, 3.63) is 35.4 Å². The average Bonchev–Trinajstić information content (AvgIpc) is 2.34. The first kappa shape index (κ1) is 14.5. The number of benzene rings is 1. The zero-order chi connectivity index (χ0) is 13.8. The fraction of sp³-hybridized carbons (Fsp3) is 0.625. The van der Waals surface area contributed by atoms with Crippen molar-refractivity contribution in [1.29, 1.82) is 0 Å². The van der Waals surface area contributed by atoms with Crippen LogP contribution in [0.5, 0.6) is 0 Å². The Morgan fingerprint density at radius 2 is 2.00 bits per heavy atom. The van der Waals surface area contributed by atoms with Gasteiger partial charge in [0, 0.05) is 25.7 Å². The Morgan fingerprint density at radius 3 is 2.58 bits per heavy atom. The van der Waals surface area contributed by atoms with Crippen LogP contribution in [0.2, 0.25) is 0 Å². The molecule has 1 N–H and O–H groups in total. The summed E-state index contributed by atoms with van der Waals surface area (Å²) in [7, 11) is 2.04. The predicted octanol–water partition coefficient (Wildman–Crippen LogP) is 2.36. The van der Waals surface area contributed by atoms with Crippen molar-refractivity contribution >= 4 is 0 Å². The third-order valence-corrected chi connectivity index (χ3v) is 3.73. The molecule has 1 aromatic carbocycles. The van der Waals surface area contributed by atoms with Gasteiger partial charge in [-0.3, -0.25) is 4.90 Å². The van der Waals surface area contributed by atoms with Crippen molar-refractivity contribution in [3.8, 4) is 0 Å². The number of likely N-dealkylation sites (N-methyl/N-ethyl adjacent to an activating group) is 1. The molecule has 1 saturated heterocycles. The number of morpholine rings is 1. The largest absolute Gasteiger partial charge is 0.373 e. The van der Waals surface area contributed by atoms with E-state index in [-0.39, 0.29) is 0 Å². The molecule has 2 rings (SSSR count). The number of aryl methyl sites for hydroxylation is 1. The summed E-state index contributed by atoms with van der Waals surface area (Å²) < 4.78 is 5.79. The van der Waals surface area contributed by atoms with Gasteiger partial charge in [0.2, 0.25) is 0 Å². The quantitative estimate of drug-likeness (QED) is 0.901. The zero-order valence-electron chi connectivity index (χ0n) is 12.5. The van der Waals surface area contributed by atoms with Crippen LogP contribution in [0.25, 0.3) is 0 Å². The maximum absolute atomic E-state index is 5.79. The molecule has 1 heterocycles. The fourth-order valence-corrected chi connectivity index (χ4v) is 2.94. The van der Waals surface area contributed by atoms with Crippen molar-refractivity contribution in [2.75, 3.05) is 26.7 Å². The topological polar surface area (TPSA) is 24.5 Å². The van der Waals surface area contributed by atoms with Crippen LogP contribution in [0.3, 0.4) is 0 Å². The van der Waals surface area contributed by atoms with Gasteiger partial charge in [0.25, 0.3) is 0 Å². The Morgan fingerprint density at radius 1 is 1.32 bits per heavy atom. The summed E-state index contributed by atoms with van der Waals surface area (Å²) in [6.45, 7) is 9.54. The Kier molecular flexibility index (Phi) is 4.97. The maximum Gasteiger partial charge on any atom is 0.0678 e. The van der Waals surface area contributed by atoms with Crippen LogP contribution in [0.4, 0.5) is 0 Å². The lowest BCUT2D eigenvalue weighted by Crippen LogP contribution is -2.48. The van der Waals surface area contributed by atoms with Gasteiger partial charge in [0.05, 0.1) is 12.2 Å². The summed E-state index contributed by atoms with van der Waals surface area (Å²) in [5, 5.41) is 3.44. The van der Waals surface area contributed by atoms with Gasteiger partial charge >= 0.3 is 0 Å². The Bertz CT molecular complexity index is 397. The number of nitrogens with zero attached hydrogens (tertiary/aromatic N) is 1. The van der Waals surface area contributed by atoms with E-state index in [9.17, 15) is 0 Å². The first-order chi connectivity index (χ1) is 9.08. The molecular formula is C16H26N2O. The van der Waals surface area contributed by atoms with Crippen LogP contribution in [0.1, 0.15) is 31.0 Å². The molecule has 0 aliphatic carbocycles. The third-order valence-electron chi connectivity index (χ3n) is 3.73. The molecule has 19 heavy (non-hydrogen) atoms. The summed E-state index contributed by atoms with van der Waals surface area (Å²) in [6, 6.07) is 9.15. The zero-order valence-corrected chi connectivity index (χ0v) is 12.5. The van der Waals surface area contributed by atoms with Crippen LogP contribution in [-0.2, 0) is 4.74 Å². The molecule has 0 bridgehead atoms. The molecule has 0 amide bonds. The minimum absolute atomic E-state index is 0.332. The van der Waals surface area contributed by atoms with Gasteiger partial charge in [0.15, 0.2) is 0 Å². The van der Waals surface area contributed by atoms with E-state index in [1.54, 1.807) is 0 Å². The van der Waals surface area contributed by atoms with Crippen LogP contribution in [-0.4, -0.2) is 43.8 Å². The van der Waals surface area contributed by atoms with E-state index in [0.717, 1.165) is 19.6 Å². The van der Waals surface area contributed by atoms with E-state index in [1.807, 2.05) is 7.05 Å². The van der Waals surface area contributed by atoms with Crippen molar-refractivity contribution in [2.24, 2.45) is 0 Å². The lowest BCUT2D eigenvalue weighted by atomic mass is 10.0. The van der Waals surface area contributed by atoms with Crippen molar-refractivity contribution in [3.63, 3.8) is 0 Å². The molecule has 1 fully saturated rings. The molecule has 0 saturated carbocycles. The Hall–Kier alpha value is -0.900. The molecular weight excluding hydrogens is 236 g/mol. The molecule has 1 aliphatic heterocycles. The number of ether oxygens (including phenoxy) is 1. The molecule has 0 aromatic heterocycles. The molecule has 0 radical (unpaired) electrons. The molecule has 1 aromatic rings. The summed E-state index contributed by atoms with van der Waals surface area (Å²) in [5.74, 6) is 0. The van der Waals surface area contributed by atoms with Crippen molar-refractivity contribution in [1.82, 2.24) is 10.2 Å². The van der Waals surface area contributed by atoms with Gasteiger partial charge in [-0.25, -0.2) is 0 Å². The fourth-order valence-electron chi connectivity index (χ4n) is 2.94. The highest BCUT2D eigenvalue weighted by molar-refractivity contribution is 5.25. The number of nitrogens with one attached hydrogen (secondary N) is 1. The predicted molar refractivity (Wildman–Crippen MR) is 79.4 cm³/mol. The van der Waals surface area contributed by atoms with E-state index < -0.39 is 0 Å². The highest BCUT2D eigenvalue weighted by Gasteiger charge is 2.24. The number of hydrogen-bond donors (Lipinski definition) is 1. The smallest absolute Gasteiger partial charge is 0.0678 e. The molecule has 3 atom stereocenters. The van der Waals surface area contributed by atoms with Gasteiger partial charge in [-0.2, -0.15) is 0 Å². The molecule has 0 spiro atoms. The Balaban J connectivity index is 2.02. The highest BCUT2D eigenvalue weighted by atomic mass is 16.5. The van der Waals surface area contributed by atoms with Crippen molar-refractivity contribution in [2.45, 2.75) is 39.0 Å². The molecule has 3 heteroatoms. The summed E-state index contributed by atoms with van der Waals surface area (Å²) in [5.41, 5.74) is 2.69. The van der Waals surface area contributed by atoms with E-state index in [1.165, 1.54) is 11.1 Å². The van der Waals surface area contributed by atoms with Crippen molar-refractivity contribution < 1.29 is 4.74 Å². The third kappa shape index (κ3) is 4.03. The van der Waals surface area contributed by atoms with Crippen LogP contribution in [0.15, 0.2) is 24.3 Å². The summed E-state index contributed by atoms with van der Waals surface area (Å²) >= 11 is 0. The summed E-state index contributed by atoms with van der Waals surface area (Å²) in [4.78, 5) is 2.50. The second kappa shape index (κ2) is 6.51. The standard InChI is InChI=1S/C16H26N2O/c1-12-6-5-7-15(8-12)16(17-4)11-18-9-13(2)19-14(3)10-18/h5-8,13-14,16-17H,9-11H2,1-4H3/t13-,14+,16?. The minimum atomic E-state index is 0.332. The maximum atomic E-state index is 5.79. The second-order valence-electron chi connectivity index (χ2n) is 5.73. The van der Waals surface area contributed by atoms with Crippen LogP contribution >= 0.6 is 0 Å². The van der Waals surface area contributed by atoms with E-state index in [2.05, 4.69) is 55.3 Å². The van der Waals surface area contributed by atoms with E-state index >= 15 is 0 Å². The van der Waals surface area contributed by atoms with Gasteiger partial charge in [-0.1, -0.05) is 29.8 Å². The van der Waals surface area contributed by atoms with Gasteiger partial charge in [-0.15, -0.1) is 0 Å². The molecule has 3 nitrogen and oxygen atoms in total. The first-order valence-electron chi connectivity index (χ1n) is 7.20. The average molecular weight is 262 g/mol. The monoisotopic (exact) mass is 262 g/mol. The normalized spacial score (nSPS) is 26.3. The number of hydrogen-bond acceptors (Lipinski definition) is 3. The highest BCUT2D eigenvalue weighted by Crippen LogP contribution is 2.18. The molecule has 1 unspecified atom stereocenters. The SMILES string of the molecule is CNC(CN1C[C@@H](C)O[C@@H](C)C1)c1cccc(C)c1. The van der Waals surface area contributed by atoms with Gasteiger partial charge in [-0.05, 0) is 33.4 Å². The van der Waals surface area contributed by atoms with Gasteiger partial charge < -0.3 is 10.1 Å². The number of rotatable bonds is 4. The van der Waals surface area contributed by atoms with Crippen LogP contribution in [0, 0.1) is 6.92 Å². The molecule has 1 aliphatic rings. The second-order valence-corrected chi connectivity index (χ2v) is 5.73. The van der Waals surface area contributed by atoms with E-state index in [0.29, 0.717) is 18.2 Å². The van der Waals surface area contributed by atoms with E-state index in [4.69, 9.17) is 4.74 Å². The van der Waals surface area contributed by atoms with Crippen LogP contribution < -0.4 is 5.32 Å².